The summed E-state index contributed by atoms with van der Waals surface area (Å²) in [6, 6.07) is 8.04. The van der Waals surface area contributed by atoms with E-state index in [1.54, 1.807) is 0 Å². The molecule has 130 valence electrons. The van der Waals surface area contributed by atoms with Gasteiger partial charge in [0.1, 0.15) is 5.92 Å². The second kappa shape index (κ2) is 7.82. The summed E-state index contributed by atoms with van der Waals surface area (Å²) < 4.78 is 5.02. The minimum atomic E-state index is -0.653. The van der Waals surface area contributed by atoms with Gasteiger partial charge in [-0.1, -0.05) is 43.9 Å². The number of anilines is 1. The minimum Gasteiger partial charge on any atom is -0.468 e. The highest BCUT2D eigenvalue weighted by Gasteiger charge is 2.39. The van der Waals surface area contributed by atoms with E-state index in [4.69, 9.17) is 4.74 Å². The monoisotopic (exact) mass is 329 g/mol. The first-order chi connectivity index (χ1) is 11.7. The lowest BCUT2D eigenvalue weighted by molar-refractivity contribution is -0.152. The molecule has 0 saturated heterocycles. The Morgan fingerprint density at radius 3 is 2.50 bits per heavy atom. The average Bonchev–Trinajstić information content (AvgIpc) is 2.90. The van der Waals surface area contributed by atoms with Gasteiger partial charge in [-0.2, -0.15) is 0 Å². The number of carbonyl (C=O) groups is 2. The standard InChI is InChI=1S/C20H27NO3/c1-24-20(23)18(16-10-4-2-3-5-11-16)19(22)21-14-8-12-15-9-6-7-13-17(15)21/h6-7,9,13,16,18H,2-5,8,10-12,14H2,1H3/t18-/m1/s1. The molecule has 1 atom stereocenters. The van der Waals surface area contributed by atoms with Gasteiger partial charge in [0.25, 0.3) is 0 Å². The smallest absolute Gasteiger partial charge is 0.318 e. The number of para-hydroxylation sites is 1. The van der Waals surface area contributed by atoms with Gasteiger partial charge in [-0.25, -0.2) is 0 Å². The lowest BCUT2D eigenvalue weighted by Gasteiger charge is -2.34. The molecule has 1 heterocycles. The number of fused-ring (bicyclic) bond motifs is 1. The van der Waals surface area contributed by atoms with Gasteiger partial charge in [0.2, 0.25) is 5.91 Å². The van der Waals surface area contributed by atoms with E-state index in [9.17, 15) is 9.59 Å². The SMILES string of the molecule is COC(=O)[C@@H](C(=O)N1CCCc2ccccc21)C1CCCCCC1. The van der Waals surface area contributed by atoms with Crippen molar-refractivity contribution in [3.05, 3.63) is 29.8 Å². The molecule has 0 spiro atoms. The average molecular weight is 329 g/mol. The maximum Gasteiger partial charge on any atom is 0.318 e. The van der Waals surface area contributed by atoms with Gasteiger partial charge in [0.05, 0.1) is 7.11 Å². The molecule has 3 rings (SSSR count). The number of nitrogens with zero attached hydrogens (tertiary/aromatic N) is 1. The fraction of sp³-hybridized carbons (Fsp3) is 0.600. The minimum absolute atomic E-state index is 0.0686. The van der Waals surface area contributed by atoms with Crippen molar-refractivity contribution < 1.29 is 14.3 Å². The predicted octanol–water partition coefficient (Wildman–Crippen LogP) is 3.73. The number of methoxy groups -OCH3 is 1. The van der Waals surface area contributed by atoms with E-state index in [0.717, 1.165) is 44.2 Å². The fourth-order valence-electron chi connectivity index (χ4n) is 4.20. The molecule has 0 radical (unpaired) electrons. The summed E-state index contributed by atoms with van der Waals surface area (Å²) >= 11 is 0. The maximum atomic E-state index is 13.3. The van der Waals surface area contributed by atoms with Gasteiger partial charge in [0, 0.05) is 12.2 Å². The first kappa shape index (κ1) is 17.0. The molecule has 1 aliphatic carbocycles. The summed E-state index contributed by atoms with van der Waals surface area (Å²) in [6.45, 7) is 0.691. The Labute approximate surface area is 144 Å². The summed E-state index contributed by atoms with van der Waals surface area (Å²) in [7, 11) is 1.39. The zero-order valence-corrected chi connectivity index (χ0v) is 14.5. The van der Waals surface area contributed by atoms with Crippen LogP contribution in [0.3, 0.4) is 0 Å². The van der Waals surface area contributed by atoms with Crippen molar-refractivity contribution in [2.24, 2.45) is 11.8 Å². The summed E-state index contributed by atoms with van der Waals surface area (Å²) in [5, 5.41) is 0. The van der Waals surface area contributed by atoms with Crippen molar-refractivity contribution in [2.45, 2.75) is 51.4 Å². The van der Waals surface area contributed by atoms with Crippen molar-refractivity contribution in [3.8, 4) is 0 Å². The maximum absolute atomic E-state index is 13.3. The Balaban J connectivity index is 1.87. The lowest BCUT2D eigenvalue weighted by atomic mass is 9.84. The van der Waals surface area contributed by atoms with Gasteiger partial charge in [-0.05, 0) is 43.2 Å². The molecule has 1 aromatic rings. The van der Waals surface area contributed by atoms with E-state index in [2.05, 4.69) is 6.07 Å². The van der Waals surface area contributed by atoms with Crippen LogP contribution < -0.4 is 4.90 Å². The predicted molar refractivity (Wildman–Crippen MR) is 93.8 cm³/mol. The quantitative estimate of drug-likeness (QED) is 0.482. The van der Waals surface area contributed by atoms with E-state index >= 15 is 0 Å². The van der Waals surface area contributed by atoms with Crippen LogP contribution in [0.2, 0.25) is 0 Å². The number of hydrogen-bond donors (Lipinski definition) is 0. The second-order valence-electron chi connectivity index (χ2n) is 6.97. The van der Waals surface area contributed by atoms with E-state index < -0.39 is 5.92 Å². The number of aryl methyl sites for hydroxylation is 1. The second-order valence-corrected chi connectivity index (χ2v) is 6.97. The van der Waals surface area contributed by atoms with Crippen LogP contribution in [-0.2, 0) is 20.7 Å². The zero-order chi connectivity index (χ0) is 16.9. The number of rotatable bonds is 3. The summed E-state index contributed by atoms with van der Waals surface area (Å²) in [4.78, 5) is 27.6. The molecule has 1 fully saturated rings. The van der Waals surface area contributed by atoms with Gasteiger partial charge in [-0.3, -0.25) is 9.59 Å². The van der Waals surface area contributed by atoms with Crippen molar-refractivity contribution >= 4 is 17.6 Å². The molecule has 1 aromatic carbocycles. The molecule has 0 N–H and O–H groups in total. The van der Waals surface area contributed by atoms with Gasteiger partial charge < -0.3 is 9.64 Å². The summed E-state index contributed by atoms with van der Waals surface area (Å²) in [6.07, 6.45) is 8.43. The normalized spacial score (nSPS) is 20.0. The molecule has 4 nitrogen and oxygen atoms in total. The van der Waals surface area contributed by atoms with Crippen LogP contribution in [0.15, 0.2) is 24.3 Å². The Morgan fingerprint density at radius 2 is 1.79 bits per heavy atom. The topological polar surface area (TPSA) is 46.6 Å². The first-order valence-electron chi connectivity index (χ1n) is 9.19. The fourth-order valence-corrected chi connectivity index (χ4v) is 4.20. The van der Waals surface area contributed by atoms with E-state index in [1.807, 2.05) is 23.1 Å². The number of amides is 1. The van der Waals surface area contributed by atoms with E-state index in [0.29, 0.717) is 6.54 Å². The van der Waals surface area contributed by atoms with Crippen LogP contribution in [0.25, 0.3) is 0 Å². The third-order valence-corrected chi connectivity index (χ3v) is 5.47. The van der Waals surface area contributed by atoms with Gasteiger partial charge in [-0.15, -0.1) is 0 Å². The number of hydrogen-bond acceptors (Lipinski definition) is 3. The van der Waals surface area contributed by atoms with Crippen molar-refractivity contribution in [1.29, 1.82) is 0 Å². The molecule has 2 aliphatic rings. The number of benzene rings is 1. The summed E-state index contributed by atoms with van der Waals surface area (Å²) in [5.41, 5.74) is 2.16. The van der Waals surface area contributed by atoms with Crippen LogP contribution >= 0.6 is 0 Å². The molecular formula is C20H27NO3. The van der Waals surface area contributed by atoms with Crippen molar-refractivity contribution in [1.82, 2.24) is 0 Å². The highest BCUT2D eigenvalue weighted by Crippen LogP contribution is 2.34. The molecule has 1 amide bonds. The highest BCUT2D eigenvalue weighted by atomic mass is 16.5. The highest BCUT2D eigenvalue weighted by molar-refractivity contribution is 6.07. The first-order valence-corrected chi connectivity index (χ1v) is 9.19. The third-order valence-electron chi connectivity index (χ3n) is 5.47. The van der Waals surface area contributed by atoms with Gasteiger partial charge in [0.15, 0.2) is 0 Å². The Bertz CT molecular complexity index is 590. The number of ether oxygens (including phenoxy) is 1. The molecular weight excluding hydrogens is 302 g/mol. The Kier molecular flexibility index (Phi) is 5.54. The van der Waals surface area contributed by atoms with Crippen molar-refractivity contribution in [3.63, 3.8) is 0 Å². The zero-order valence-electron chi connectivity index (χ0n) is 14.5. The molecule has 1 saturated carbocycles. The molecule has 0 unspecified atom stereocenters. The molecule has 0 bridgehead atoms. The Hall–Kier alpha value is -1.84. The number of carbonyl (C=O) groups excluding carboxylic acids is 2. The van der Waals surface area contributed by atoms with Crippen LogP contribution in [0.5, 0.6) is 0 Å². The van der Waals surface area contributed by atoms with Gasteiger partial charge >= 0.3 is 5.97 Å². The molecule has 4 heteroatoms. The van der Waals surface area contributed by atoms with Crippen LogP contribution in [0.1, 0.15) is 50.5 Å². The largest absolute Gasteiger partial charge is 0.468 e. The molecule has 24 heavy (non-hydrogen) atoms. The molecule has 0 aromatic heterocycles. The van der Waals surface area contributed by atoms with Crippen LogP contribution in [0, 0.1) is 11.8 Å². The van der Waals surface area contributed by atoms with E-state index in [1.165, 1.54) is 25.5 Å². The van der Waals surface area contributed by atoms with Crippen LogP contribution in [-0.4, -0.2) is 25.5 Å². The van der Waals surface area contributed by atoms with E-state index in [-0.39, 0.29) is 17.8 Å². The number of esters is 1. The van der Waals surface area contributed by atoms with Crippen LogP contribution in [0.4, 0.5) is 5.69 Å². The lowest BCUT2D eigenvalue weighted by Crippen LogP contribution is -2.45. The molecule has 1 aliphatic heterocycles. The summed E-state index contributed by atoms with van der Waals surface area (Å²) in [5.74, 6) is -0.975. The third kappa shape index (κ3) is 3.47. The Morgan fingerprint density at radius 1 is 1.08 bits per heavy atom. The van der Waals surface area contributed by atoms with Crippen molar-refractivity contribution in [2.75, 3.05) is 18.6 Å².